The SMILES string of the molecule is CCCCCC[C@H](C)NC(=O)COC(=O)c1cc(=O)[nH]c2ccccc12. The highest BCUT2D eigenvalue weighted by Gasteiger charge is 2.15. The van der Waals surface area contributed by atoms with Gasteiger partial charge in [0, 0.05) is 23.0 Å². The van der Waals surface area contributed by atoms with Crippen molar-refractivity contribution in [2.24, 2.45) is 0 Å². The number of H-pyrrole nitrogens is 1. The van der Waals surface area contributed by atoms with Crippen molar-refractivity contribution in [3.63, 3.8) is 0 Å². The summed E-state index contributed by atoms with van der Waals surface area (Å²) in [6.07, 6.45) is 5.49. The number of hydrogen-bond acceptors (Lipinski definition) is 4. The molecule has 140 valence electrons. The van der Waals surface area contributed by atoms with E-state index in [1.165, 1.54) is 18.9 Å². The molecular weight excluding hydrogens is 332 g/mol. The van der Waals surface area contributed by atoms with Crippen LogP contribution in [0.5, 0.6) is 0 Å². The standard InChI is InChI=1S/C20H26N2O4/c1-3-4-5-6-9-14(2)21-19(24)13-26-20(25)16-12-18(23)22-17-11-8-7-10-15(16)17/h7-8,10-12,14H,3-6,9,13H2,1-2H3,(H,21,24)(H,22,23)/t14-/m0/s1. The first-order chi connectivity index (χ1) is 12.5. The lowest BCUT2D eigenvalue weighted by molar-refractivity contribution is -0.124. The van der Waals surface area contributed by atoms with E-state index in [1.54, 1.807) is 24.3 Å². The quantitative estimate of drug-likeness (QED) is 0.532. The van der Waals surface area contributed by atoms with Crippen molar-refractivity contribution in [1.82, 2.24) is 10.3 Å². The third-order valence-corrected chi connectivity index (χ3v) is 4.20. The van der Waals surface area contributed by atoms with Crippen LogP contribution in [0, 0.1) is 0 Å². The Morgan fingerprint density at radius 2 is 1.96 bits per heavy atom. The van der Waals surface area contributed by atoms with E-state index in [-0.39, 0.29) is 29.7 Å². The van der Waals surface area contributed by atoms with Crippen molar-refractivity contribution in [1.29, 1.82) is 0 Å². The van der Waals surface area contributed by atoms with Crippen LogP contribution in [-0.2, 0) is 9.53 Å². The molecule has 1 aromatic carbocycles. The third kappa shape index (κ3) is 5.72. The summed E-state index contributed by atoms with van der Waals surface area (Å²) in [5.74, 6) is -1.02. The van der Waals surface area contributed by atoms with Gasteiger partial charge in [-0.1, -0.05) is 50.8 Å². The summed E-state index contributed by atoms with van der Waals surface area (Å²) >= 11 is 0. The second-order valence-corrected chi connectivity index (χ2v) is 6.49. The zero-order valence-electron chi connectivity index (χ0n) is 15.3. The molecule has 1 heterocycles. The van der Waals surface area contributed by atoms with Gasteiger partial charge in [0.15, 0.2) is 6.61 Å². The zero-order valence-corrected chi connectivity index (χ0v) is 15.3. The van der Waals surface area contributed by atoms with E-state index in [2.05, 4.69) is 17.2 Å². The Morgan fingerprint density at radius 3 is 2.73 bits per heavy atom. The minimum atomic E-state index is -0.682. The van der Waals surface area contributed by atoms with E-state index in [4.69, 9.17) is 4.74 Å². The number of rotatable bonds is 9. The van der Waals surface area contributed by atoms with E-state index in [9.17, 15) is 14.4 Å². The number of carbonyl (C=O) groups excluding carboxylic acids is 2. The summed E-state index contributed by atoms with van der Waals surface area (Å²) in [7, 11) is 0. The van der Waals surface area contributed by atoms with Gasteiger partial charge in [0.25, 0.3) is 5.91 Å². The number of aromatic amines is 1. The predicted molar refractivity (Wildman–Crippen MR) is 101 cm³/mol. The van der Waals surface area contributed by atoms with Gasteiger partial charge in [-0.3, -0.25) is 9.59 Å². The number of hydrogen-bond donors (Lipinski definition) is 2. The van der Waals surface area contributed by atoms with Crippen LogP contribution < -0.4 is 10.9 Å². The largest absolute Gasteiger partial charge is 0.452 e. The van der Waals surface area contributed by atoms with Crippen LogP contribution in [0.4, 0.5) is 0 Å². The van der Waals surface area contributed by atoms with Gasteiger partial charge in [-0.15, -0.1) is 0 Å². The number of ether oxygens (including phenoxy) is 1. The maximum Gasteiger partial charge on any atom is 0.339 e. The highest BCUT2D eigenvalue weighted by molar-refractivity contribution is 6.03. The minimum Gasteiger partial charge on any atom is -0.452 e. The zero-order chi connectivity index (χ0) is 18.9. The molecule has 2 aromatic rings. The number of amides is 1. The van der Waals surface area contributed by atoms with Crippen molar-refractivity contribution in [3.8, 4) is 0 Å². The summed E-state index contributed by atoms with van der Waals surface area (Å²) in [5, 5.41) is 3.41. The Morgan fingerprint density at radius 1 is 1.19 bits per heavy atom. The second kappa shape index (κ2) is 9.75. The molecule has 2 N–H and O–H groups in total. The Labute approximate surface area is 152 Å². The lowest BCUT2D eigenvalue weighted by Gasteiger charge is -2.14. The number of unbranched alkanes of at least 4 members (excludes halogenated alkanes) is 3. The second-order valence-electron chi connectivity index (χ2n) is 6.49. The highest BCUT2D eigenvalue weighted by Crippen LogP contribution is 2.15. The Hall–Kier alpha value is -2.63. The van der Waals surface area contributed by atoms with Crippen LogP contribution in [0.15, 0.2) is 35.1 Å². The number of fused-ring (bicyclic) bond motifs is 1. The fourth-order valence-corrected chi connectivity index (χ4v) is 2.85. The lowest BCUT2D eigenvalue weighted by atomic mass is 10.1. The van der Waals surface area contributed by atoms with Crippen LogP contribution in [0.2, 0.25) is 0 Å². The number of pyridine rings is 1. The summed E-state index contributed by atoms with van der Waals surface area (Å²) in [4.78, 5) is 38.6. The van der Waals surface area contributed by atoms with Crippen molar-refractivity contribution >= 4 is 22.8 Å². The van der Waals surface area contributed by atoms with Gasteiger partial charge in [0.1, 0.15) is 0 Å². The number of nitrogens with one attached hydrogen (secondary N) is 2. The summed E-state index contributed by atoms with van der Waals surface area (Å²) in [5.41, 5.74) is 0.322. The van der Waals surface area contributed by atoms with Crippen LogP contribution in [0.3, 0.4) is 0 Å². The molecule has 2 rings (SSSR count). The van der Waals surface area contributed by atoms with E-state index < -0.39 is 5.97 Å². The molecule has 6 nitrogen and oxygen atoms in total. The monoisotopic (exact) mass is 358 g/mol. The molecule has 1 atom stereocenters. The predicted octanol–water partition coefficient (Wildman–Crippen LogP) is 3.16. The van der Waals surface area contributed by atoms with Gasteiger partial charge in [-0.2, -0.15) is 0 Å². The maximum absolute atomic E-state index is 12.3. The molecule has 1 amide bonds. The molecule has 6 heteroatoms. The van der Waals surface area contributed by atoms with Gasteiger partial charge in [-0.05, 0) is 19.4 Å². The van der Waals surface area contributed by atoms with Gasteiger partial charge < -0.3 is 15.0 Å². The van der Waals surface area contributed by atoms with Crippen molar-refractivity contribution in [2.75, 3.05) is 6.61 Å². The molecular formula is C20H26N2O4. The van der Waals surface area contributed by atoms with Crippen molar-refractivity contribution in [3.05, 3.63) is 46.2 Å². The normalized spacial score (nSPS) is 11.9. The molecule has 1 aromatic heterocycles. The maximum atomic E-state index is 12.3. The van der Waals surface area contributed by atoms with Crippen molar-refractivity contribution in [2.45, 2.75) is 52.0 Å². The minimum absolute atomic E-state index is 0.0402. The van der Waals surface area contributed by atoms with E-state index in [0.717, 1.165) is 19.3 Å². The van der Waals surface area contributed by atoms with Gasteiger partial charge in [0.2, 0.25) is 5.56 Å². The van der Waals surface area contributed by atoms with Gasteiger partial charge >= 0.3 is 5.97 Å². The summed E-state index contributed by atoms with van der Waals surface area (Å²) < 4.78 is 5.09. The summed E-state index contributed by atoms with van der Waals surface area (Å²) in [6.45, 7) is 3.73. The first-order valence-electron chi connectivity index (χ1n) is 9.09. The molecule has 0 aliphatic carbocycles. The van der Waals surface area contributed by atoms with Gasteiger partial charge in [-0.25, -0.2) is 4.79 Å². The molecule has 0 radical (unpaired) electrons. The third-order valence-electron chi connectivity index (χ3n) is 4.20. The molecule has 0 aliphatic heterocycles. The average Bonchev–Trinajstić information content (AvgIpc) is 2.62. The molecule has 0 spiro atoms. The molecule has 26 heavy (non-hydrogen) atoms. The molecule has 0 unspecified atom stereocenters. The van der Waals surface area contributed by atoms with E-state index in [0.29, 0.717) is 10.9 Å². The molecule has 0 saturated heterocycles. The van der Waals surface area contributed by atoms with Gasteiger partial charge in [0.05, 0.1) is 5.56 Å². The fraction of sp³-hybridized carbons (Fsp3) is 0.450. The Balaban J connectivity index is 1.89. The topological polar surface area (TPSA) is 88.3 Å². The number of para-hydroxylation sites is 1. The first kappa shape index (κ1) is 19.7. The molecule has 0 fully saturated rings. The number of aromatic nitrogens is 1. The average molecular weight is 358 g/mol. The van der Waals surface area contributed by atoms with E-state index >= 15 is 0 Å². The highest BCUT2D eigenvalue weighted by atomic mass is 16.5. The number of carbonyl (C=O) groups is 2. The lowest BCUT2D eigenvalue weighted by Crippen LogP contribution is -2.35. The van der Waals surface area contributed by atoms with Crippen LogP contribution in [-0.4, -0.2) is 29.5 Å². The summed E-state index contributed by atoms with van der Waals surface area (Å²) in [6, 6.07) is 8.20. The van der Waals surface area contributed by atoms with Crippen LogP contribution >= 0.6 is 0 Å². The van der Waals surface area contributed by atoms with Crippen molar-refractivity contribution < 1.29 is 14.3 Å². The number of esters is 1. The molecule has 0 saturated carbocycles. The fourth-order valence-electron chi connectivity index (χ4n) is 2.85. The van der Waals surface area contributed by atoms with E-state index in [1.807, 2.05) is 6.92 Å². The smallest absolute Gasteiger partial charge is 0.339 e. The molecule has 0 bridgehead atoms. The van der Waals surface area contributed by atoms with Crippen LogP contribution in [0.1, 0.15) is 56.3 Å². The first-order valence-corrected chi connectivity index (χ1v) is 9.09. The van der Waals surface area contributed by atoms with Crippen LogP contribution in [0.25, 0.3) is 10.9 Å². The molecule has 0 aliphatic rings. The Bertz CT molecular complexity index is 813. The Kier molecular flexibility index (Phi) is 7.38. The number of benzene rings is 1.